The molecule has 3 N–H and O–H groups in total. The number of carboxylic acid groups (broad SMARTS) is 1. The van der Waals surface area contributed by atoms with E-state index in [0.717, 1.165) is 37.8 Å². The molecule has 0 saturated heterocycles. The van der Waals surface area contributed by atoms with Crippen molar-refractivity contribution < 1.29 is 42.1 Å². The summed E-state index contributed by atoms with van der Waals surface area (Å²) in [6.07, 6.45) is -1.42. The Morgan fingerprint density at radius 3 is 2.09 bits per heavy atom. The van der Waals surface area contributed by atoms with Crippen LogP contribution in [-0.4, -0.2) is 41.9 Å². The molecular formula is C24H25F3N2O6. The first-order valence-corrected chi connectivity index (χ1v) is 11.0. The van der Waals surface area contributed by atoms with Crippen molar-refractivity contribution >= 4 is 23.5 Å². The average molecular weight is 494 g/mol. The van der Waals surface area contributed by atoms with E-state index < -0.39 is 24.8 Å². The zero-order chi connectivity index (χ0) is 25.4. The summed E-state index contributed by atoms with van der Waals surface area (Å²) in [7, 11) is 0. The number of benzene rings is 2. The Bertz CT molecular complexity index is 1020. The first-order valence-electron chi connectivity index (χ1n) is 11.0. The second-order valence-corrected chi connectivity index (χ2v) is 8.19. The zero-order valence-corrected chi connectivity index (χ0v) is 18.6. The molecule has 0 aromatic heterocycles. The molecule has 3 rings (SSSR count). The van der Waals surface area contributed by atoms with Gasteiger partial charge in [-0.2, -0.15) is 0 Å². The van der Waals surface area contributed by atoms with Gasteiger partial charge in [0.05, 0.1) is 6.10 Å². The quantitative estimate of drug-likeness (QED) is 0.477. The van der Waals surface area contributed by atoms with Gasteiger partial charge in [0.25, 0.3) is 5.91 Å². The maximum Gasteiger partial charge on any atom is 0.573 e. The van der Waals surface area contributed by atoms with Gasteiger partial charge in [0.1, 0.15) is 18.0 Å². The number of aliphatic carboxylic acids is 1. The molecule has 0 spiro atoms. The van der Waals surface area contributed by atoms with Crippen LogP contribution in [0.15, 0.2) is 48.5 Å². The van der Waals surface area contributed by atoms with Gasteiger partial charge in [0.2, 0.25) is 5.91 Å². The second-order valence-electron chi connectivity index (χ2n) is 8.19. The molecule has 0 aliphatic heterocycles. The zero-order valence-electron chi connectivity index (χ0n) is 18.6. The Kier molecular flexibility index (Phi) is 8.56. The van der Waals surface area contributed by atoms with Crippen molar-refractivity contribution in [3.63, 3.8) is 0 Å². The summed E-state index contributed by atoms with van der Waals surface area (Å²) in [6.45, 7) is -0.457. The number of anilines is 1. The Balaban J connectivity index is 1.39. The normalized spacial score (nSPS) is 17.8. The minimum absolute atomic E-state index is 0.0258. The number of halogens is 3. The number of hydrogen-bond acceptors (Lipinski definition) is 5. The summed E-state index contributed by atoms with van der Waals surface area (Å²) in [5.41, 5.74) is 0.720. The SMILES string of the molecule is O=C(O)CNC(=O)c1ccc(OC2CCC(CC(=O)Nc3ccc(OC(F)(F)F)cc3)CC2)cc1. The van der Waals surface area contributed by atoms with Crippen molar-refractivity contribution in [1.82, 2.24) is 5.32 Å². The molecule has 8 nitrogen and oxygen atoms in total. The largest absolute Gasteiger partial charge is 0.573 e. The number of carbonyl (C=O) groups is 3. The molecule has 2 amide bonds. The lowest BCUT2D eigenvalue weighted by Gasteiger charge is -2.28. The molecule has 2 aromatic rings. The fraction of sp³-hybridized carbons (Fsp3) is 0.375. The van der Waals surface area contributed by atoms with Crippen LogP contribution in [0.5, 0.6) is 11.5 Å². The molecule has 1 aliphatic rings. The lowest BCUT2D eigenvalue weighted by atomic mass is 9.85. The van der Waals surface area contributed by atoms with Crippen LogP contribution in [0.2, 0.25) is 0 Å². The number of amides is 2. The van der Waals surface area contributed by atoms with Crippen LogP contribution < -0.4 is 20.1 Å². The van der Waals surface area contributed by atoms with E-state index in [2.05, 4.69) is 15.4 Å². The van der Waals surface area contributed by atoms with Crippen molar-refractivity contribution in [2.45, 2.75) is 44.6 Å². The van der Waals surface area contributed by atoms with E-state index in [1.165, 1.54) is 12.1 Å². The highest BCUT2D eigenvalue weighted by atomic mass is 19.4. The predicted octanol–water partition coefficient (Wildman–Crippen LogP) is 4.37. The average Bonchev–Trinajstić information content (AvgIpc) is 2.79. The predicted molar refractivity (Wildman–Crippen MR) is 119 cm³/mol. The summed E-state index contributed by atoms with van der Waals surface area (Å²) in [5, 5.41) is 13.6. The molecule has 1 aliphatic carbocycles. The Morgan fingerprint density at radius 2 is 1.51 bits per heavy atom. The molecule has 0 unspecified atom stereocenters. The number of alkyl halides is 3. The first-order chi connectivity index (χ1) is 16.6. The highest BCUT2D eigenvalue weighted by Gasteiger charge is 2.31. The van der Waals surface area contributed by atoms with Crippen LogP contribution in [0.25, 0.3) is 0 Å². The number of hydrogen-bond donors (Lipinski definition) is 3. The minimum atomic E-state index is -4.77. The van der Waals surface area contributed by atoms with E-state index in [1.54, 1.807) is 24.3 Å². The standard InChI is InChI=1S/C24H25F3N2O6/c25-24(26,27)35-20-11-5-17(6-12-20)29-21(30)13-15-1-7-18(8-2-15)34-19-9-3-16(4-10-19)23(33)28-14-22(31)32/h3-6,9-12,15,18H,1-2,7-8,13-14H2,(H,28,33)(H,29,30)(H,31,32). The van der Waals surface area contributed by atoms with Gasteiger partial charge in [-0.15, -0.1) is 13.2 Å². The number of carbonyl (C=O) groups excluding carboxylic acids is 2. The maximum atomic E-state index is 12.3. The van der Waals surface area contributed by atoms with Crippen molar-refractivity contribution in [2.75, 3.05) is 11.9 Å². The highest BCUT2D eigenvalue weighted by Crippen LogP contribution is 2.30. The summed E-state index contributed by atoms with van der Waals surface area (Å²) < 4.78 is 46.4. The second kappa shape index (κ2) is 11.6. The molecule has 0 heterocycles. The fourth-order valence-electron chi connectivity index (χ4n) is 3.80. The Labute approximate surface area is 199 Å². The van der Waals surface area contributed by atoms with Gasteiger partial charge in [-0.25, -0.2) is 0 Å². The Hall–Kier alpha value is -3.76. The van der Waals surface area contributed by atoms with Crippen molar-refractivity contribution in [3.05, 3.63) is 54.1 Å². The van der Waals surface area contributed by atoms with E-state index >= 15 is 0 Å². The van der Waals surface area contributed by atoms with Crippen LogP contribution in [0.4, 0.5) is 18.9 Å². The van der Waals surface area contributed by atoms with Crippen LogP contribution in [-0.2, 0) is 9.59 Å². The molecular weight excluding hydrogens is 469 g/mol. The van der Waals surface area contributed by atoms with Crippen molar-refractivity contribution in [2.24, 2.45) is 5.92 Å². The third kappa shape index (κ3) is 8.84. The molecule has 0 radical (unpaired) electrons. The lowest BCUT2D eigenvalue weighted by Crippen LogP contribution is -2.29. The molecule has 1 saturated carbocycles. The molecule has 2 aromatic carbocycles. The van der Waals surface area contributed by atoms with E-state index in [9.17, 15) is 27.6 Å². The van der Waals surface area contributed by atoms with E-state index in [-0.39, 0.29) is 23.7 Å². The summed E-state index contributed by atoms with van der Waals surface area (Å²) in [4.78, 5) is 34.7. The van der Waals surface area contributed by atoms with Gasteiger partial charge < -0.3 is 25.2 Å². The number of nitrogens with one attached hydrogen (secondary N) is 2. The fourth-order valence-corrected chi connectivity index (χ4v) is 3.80. The van der Waals surface area contributed by atoms with Gasteiger partial charge in [0.15, 0.2) is 0 Å². The van der Waals surface area contributed by atoms with Gasteiger partial charge in [-0.3, -0.25) is 14.4 Å². The molecule has 188 valence electrons. The van der Waals surface area contributed by atoms with Gasteiger partial charge in [0, 0.05) is 17.7 Å². The number of ether oxygens (including phenoxy) is 2. The molecule has 1 fully saturated rings. The molecule has 11 heteroatoms. The molecule has 0 bridgehead atoms. The third-order valence-corrected chi connectivity index (χ3v) is 5.46. The highest BCUT2D eigenvalue weighted by molar-refractivity contribution is 5.95. The van der Waals surface area contributed by atoms with E-state index in [0.29, 0.717) is 23.4 Å². The van der Waals surface area contributed by atoms with Crippen molar-refractivity contribution in [3.8, 4) is 11.5 Å². The topological polar surface area (TPSA) is 114 Å². The van der Waals surface area contributed by atoms with Crippen LogP contribution in [0.3, 0.4) is 0 Å². The number of carboxylic acids is 1. The summed E-state index contributed by atoms with van der Waals surface area (Å²) >= 11 is 0. The van der Waals surface area contributed by atoms with E-state index in [4.69, 9.17) is 9.84 Å². The van der Waals surface area contributed by atoms with Crippen LogP contribution in [0, 0.1) is 5.92 Å². The van der Waals surface area contributed by atoms with Gasteiger partial charge in [-0.05, 0) is 80.1 Å². The summed E-state index contributed by atoms with van der Waals surface area (Å²) in [5.74, 6) is -1.41. The van der Waals surface area contributed by atoms with Gasteiger partial charge >= 0.3 is 12.3 Å². The minimum Gasteiger partial charge on any atom is -0.490 e. The monoisotopic (exact) mass is 494 g/mol. The molecule has 0 atom stereocenters. The maximum absolute atomic E-state index is 12.3. The van der Waals surface area contributed by atoms with Crippen LogP contribution >= 0.6 is 0 Å². The molecule has 35 heavy (non-hydrogen) atoms. The third-order valence-electron chi connectivity index (χ3n) is 5.46. The summed E-state index contributed by atoms with van der Waals surface area (Å²) in [6, 6.07) is 11.4. The van der Waals surface area contributed by atoms with E-state index in [1.807, 2.05) is 0 Å². The first kappa shape index (κ1) is 25.9. The Morgan fingerprint density at radius 1 is 0.914 bits per heavy atom. The smallest absolute Gasteiger partial charge is 0.490 e. The van der Waals surface area contributed by atoms with Gasteiger partial charge in [-0.1, -0.05) is 0 Å². The van der Waals surface area contributed by atoms with Crippen molar-refractivity contribution in [1.29, 1.82) is 0 Å². The number of rotatable bonds is 9. The lowest BCUT2D eigenvalue weighted by molar-refractivity contribution is -0.274. The van der Waals surface area contributed by atoms with Crippen LogP contribution in [0.1, 0.15) is 42.5 Å².